The van der Waals surface area contributed by atoms with E-state index < -0.39 is 71.7 Å². The molecule has 0 spiro atoms. The van der Waals surface area contributed by atoms with Gasteiger partial charge >= 0.3 is 34.8 Å². The van der Waals surface area contributed by atoms with E-state index in [9.17, 15) is 47.7 Å². The van der Waals surface area contributed by atoms with Crippen LogP contribution in [0.3, 0.4) is 0 Å². The number of alkyl halides is 1. The van der Waals surface area contributed by atoms with Gasteiger partial charge in [0.15, 0.2) is 11.8 Å². The molecule has 3 unspecified atom stereocenters. The van der Waals surface area contributed by atoms with Gasteiger partial charge in [-0.15, -0.1) is 0 Å². The zero-order valence-corrected chi connectivity index (χ0v) is 19.2. The monoisotopic (exact) mass is 555 g/mol. The zero-order valence-electron chi connectivity index (χ0n) is 16.6. The van der Waals surface area contributed by atoms with Crippen LogP contribution in [0, 0.1) is 11.8 Å². The molecule has 1 aliphatic heterocycles. The Hall–Kier alpha value is -1.61. The summed E-state index contributed by atoms with van der Waals surface area (Å²) in [6, 6.07) is 0. The largest absolute Gasteiger partial charge is 0.490 e. The highest BCUT2D eigenvalue weighted by Crippen LogP contribution is 2.66. The first-order valence-corrected chi connectivity index (χ1v) is 13.0. The molecule has 0 amide bonds. The van der Waals surface area contributed by atoms with Crippen LogP contribution in [0.25, 0.3) is 0 Å². The maximum absolute atomic E-state index is 12.6. The molecule has 1 aliphatic rings. The molecule has 22 heteroatoms. The summed E-state index contributed by atoms with van der Waals surface area (Å²) in [5.74, 6) is 3.73. The van der Waals surface area contributed by atoms with Gasteiger partial charge in [0.25, 0.3) is 0 Å². The number of aromatic nitrogens is 3. The molecular formula is C12H17FN3O15P3. The smallest absolute Gasteiger partial charge is 0.386 e. The van der Waals surface area contributed by atoms with Crippen molar-refractivity contribution in [1.29, 1.82) is 0 Å². The highest BCUT2D eigenvalue weighted by Gasteiger charge is 2.58. The van der Waals surface area contributed by atoms with Gasteiger partial charge in [0.1, 0.15) is 25.2 Å². The molecular weight excluding hydrogens is 538 g/mol. The fourth-order valence-electron chi connectivity index (χ4n) is 2.77. The lowest BCUT2D eigenvalue weighted by Crippen LogP contribution is -2.49. The predicted octanol–water partition coefficient (Wildman–Crippen LogP) is -2.37. The lowest BCUT2D eigenvalue weighted by atomic mass is 9.93. The fourth-order valence-corrected chi connectivity index (χ4v) is 5.97. The molecule has 18 nitrogen and oxygen atoms in total. The van der Waals surface area contributed by atoms with Gasteiger partial charge in [-0.05, 0) is 6.92 Å². The van der Waals surface area contributed by atoms with E-state index in [0.717, 1.165) is 6.92 Å². The molecule has 0 aliphatic carbocycles. The third-order valence-electron chi connectivity index (χ3n) is 3.96. The van der Waals surface area contributed by atoms with Crippen LogP contribution in [-0.4, -0.2) is 74.9 Å². The van der Waals surface area contributed by atoms with Crippen molar-refractivity contribution < 1.29 is 65.8 Å². The highest BCUT2D eigenvalue weighted by atomic mass is 31.3. The van der Waals surface area contributed by atoms with Crippen LogP contribution in [0.2, 0.25) is 0 Å². The molecule has 7 atom stereocenters. The summed E-state index contributed by atoms with van der Waals surface area (Å²) >= 11 is 0. The molecule has 0 radical (unpaired) electrons. The Bertz CT molecular complexity index is 1230. The summed E-state index contributed by atoms with van der Waals surface area (Å²) in [6.07, 6.45) is -7.34. The molecule has 0 aromatic carbocycles. The molecule has 1 fully saturated rings. The van der Waals surface area contributed by atoms with Crippen LogP contribution < -0.4 is 11.4 Å². The predicted molar refractivity (Wildman–Crippen MR) is 102 cm³/mol. The van der Waals surface area contributed by atoms with Crippen LogP contribution in [0.4, 0.5) is 4.39 Å². The van der Waals surface area contributed by atoms with E-state index in [1.54, 1.807) is 4.98 Å². The van der Waals surface area contributed by atoms with Crippen LogP contribution in [0.1, 0.15) is 13.2 Å². The number of hydrogen-bond acceptors (Lipinski definition) is 12. The Morgan fingerprint density at radius 3 is 2.41 bits per heavy atom. The first-order chi connectivity index (χ1) is 15.4. The number of nitrogens with zero attached hydrogens (tertiary/aromatic N) is 2. The number of hydrogen-bond donors (Lipinski definition) is 7. The Morgan fingerprint density at radius 2 is 1.88 bits per heavy atom. The summed E-state index contributed by atoms with van der Waals surface area (Å²) in [5, 5.41) is 21.4. The molecule has 2 rings (SSSR count). The van der Waals surface area contributed by atoms with Gasteiger partial charge in [0.2, 0.25) is 0 Å². The Labute approximate surface area is 187 Å². The number of rotatable bonds is 8. The molecule has 192 valence electrons. The van der Waals surface area contributed by atoms with Crippen LogP contribution in [-0.2, 0) is 31.6 Å². The van der Waals surface area contributed by atoms with E-state index in [1.165, 1.54) is 0 Å². The minimum Gasteiger partial charge on any atom is -0.386 e. The Balaban J connectivity index is 2.35. The van der Waals surface area contributed by atoms with E-state index in [1.807, 2.05) is 11.8 Å². The van der Waals surface area contributed by atoms with Crippen molar-refractivity contribution in [2.75, 3.05) is 6.67 Å². The SMILES string of the molecule is C[C@H](OP(=O)(O)OP(=O)(O)OP(=O)(O)O)[C@H]1O[C@@H](n2cnc(=O)[nH]c2=O)C(O)(C#CCF)[C@H]1O. The van der Waals surface area contributed by atoms with Crippen LogP contribution in [0.5, 0.6) is 0 Å². The summed E-state index contributed by atoms with van der Waals surface area (Å²) in [6.45, 7) is -0.409. The Morgan fingerprint density at radius 1 is 1.26 bits per heavy atom. The molecule has 1 aromatic heterocycles. The normalized spacial score (nSPS) is 29.5. The molecule has 0 bridgehead atoms. The van der Waals surface area contributed by atoms with Crippen molar-refractivity contribution >= 4 is 23.5 Å². The van der Waals surface area contributed by atoms with Crippen molar-refractivity contribution in [1.82, 2.24) is 14.5 Å². The van der Waals surface area contributed by atoms with Gasteiger partial charge in [-0.2, -0.15) is 13.6 Å². The maximum atomic E-state index is 12.6. The lowest BCUT2D eigenvalue weighted by molar-refractivity contribution is -0.0874. The van der Waals surface area contributed by atoms with Gasteiger partial charge < -0.3 is 34.5 Å². The van der Waals surface area contributed by atoms with Gasteiger partial charge in [0.05, 0.1) is 6.10 Å². The number of H-pyrrole nitrogens is 1. The summed E-state index contributed by atoms with van der Waals surface area (Å²) in [7, 11) is -17.2. The minimum atomic E-state index is -5.86. The standard InChI is InChI=1S/C12H17FN3O15P3/c1-6(29-33(24,25)31-34(26,27)30-32(21,22)23)7-8(17)12(20,3-2-4-13)9(28-7)16-5-14-10(18)15-11(16)19/h5-9,17,20H,4H2,1H3,(H,24,25)(H,26,27)(H,15,18,19)(H2,21,22,23)/t6-,7+,8-,9+,12?/m0/s1. The number of halogens is 1. The van der Waals surface area contributed by atoms with Crippen molar-refractivity contribution in [3.05, 3.63) is 27.3 Å². The summed E-state index contributed by atoms with van der Waals surface area (Å²) < 4.78 is 64.1. The van der Waals surface area contributed by atoms with Gasteiger partial charge in [-0.3, -0.25) is 14.1 Å². The number of phosphoric ester groups is 1. The van der Waals surface area contributed by atoms with E-state index in [-0.39, 0.29) is 0 Å². The second kappa shape index (κ2) is 10.2. The molecule has 0 saturated carbocycles. The van der Waals surface area contributed by atoms with Gasteiger partial charge in [-0.25, -0.2) is 27.7 Å². The Kier molecular flexibility index (Phi) is 8.56. The number of aliphatic hydroxyl groups excluding tert-OH is 1. The van der Waals surface area contributed by atoms with E-state index >= 15 is 0 Å². The van der Waals surface area contributed by atoms with E-state index in [4.69, 9.17) is 14.5 Å². The second-order valence-corrected chi connectivity index (χ2v) is 10.8. The van der Waals surface area contributed by atoms with E-state index in [2.05, 4.69) is 18.1 Å². The summed E-state index contributed by atoms with van der Waals surface area (Å²) in [5.41, 5.74) is -5.08. The third kappa shape index (κ3) is 6.97. The highest BCUT2D eigenvalue weighted by molar-refractivity contribution is 7.66. The first kappa shape index (κ1) is 28.6. The number of ether oxygens (including phenoxy) is 1. The molecule has 7 N–H and O–H groups in total. The van der Waals surface area contributed by atoms with E-state index in [0.29, 0.717) is 10.9 Å². The fraction of sp³-hybridized carbons (Fsp3) is 0.583. The molecule has 2 heterocycles. The summed E-state index contributed by atoms with van der Waals surface area (Å²) in [4.78, 5) is 64.1. The number of nitrogens with one attached hydrogen (secondary N) is 1. The van der Waals surface area contributed by atoms with Crippen molar-refractivity contribution in [2.45, 2.75) is 37.1 Å². The minimum absolute atomic E-state index is 0.453. The van der Waals surface area contributed by atoms with Gasteiger partial charge in [0, 0.05) is 0 Å². The van der Waals surface area contributed by atoms with Crippen molar-refractivity contribution in [3.8, 4) is 11.8 Å². The van der Waals surface area contributed by atoms with Crippen LogP contribution in [0.15, 0.2) is 15.9 Å². The topological polar surface area (TPSA) is 277 Å². The van der Waals surface area contributed by atoms with Gasteiger partial charge in [-0.1, -0.05) is 11.8 Å². The average molecular weight is 555 g/mol. The average Bonchev–Trinajstić information content (AvgIpc) is 2.88. The van der Waals surface area contributed by atoms with Crippen molar-refractivity contribution in [3.63, 3.8) is 0 Å². The van der Waals surface area contributed by atoms with Crippen LogP contribution >= 0.6 is 23.5 Å². The lowest BCUT2D eigenvalue weighted by Gasteiger charge is -2.27. The number of aliphatic hydroxyl groups is 2. The quantitative estimate of drug-likeness (QED) is 0.130. The molecule has 34 heavy (non-hydrogen) atoms. The third-order valence-corrected chi connectivity index (χ3v) is 7.88. The maximum Gasteiger partial charge on any atom is 0.490 e. The molecule has 1 aromatic rings. The second-order valence-electron chi connectivity index (χ2n) is 6.45. The van der Waals surface area contributed by atoms with Crippen molar-refractivity contribution in [2.24, 2.45) is 0 Å². The number of phosphoric acid groups is 3. The first-order valence-electron chi connectivity index (χ1n) is 8.52. The zero-order chi connectivity index (χ0) is 26.1. The number of aromatic amines is 1. The molecule has 1 saturated heterocycles.